The Kier molecular flexibility index (Phi) is 3.06. The lowest BCUT2D eigenvalue weighted by Gasteiger charge is -1.97. The largest absolute Gasteiger partial charge is 0.305 e. The SMILES string of the molecule is Cn1ccc(NC(=O)c2csc(I)c2)n1. The van der Waals surface area contributed by atoms with Crippen LogP contribution in [0.4, 0.5) is 5.82 Å². The van der Waals surface area contributed by atoms with Crippen LogP contribution in [0.5, 0.6) is 0 Å². The van der Waals surface area contributed by atoms with E-state index < -0.39 is 0 Å². The number of hydrogen-bond donors (Lipinski definition) is 1. The molecule has 0 saturated heterocycles. The van der Waals surface area contributed by atoms with E-state index in [1.807, 2.05) is 18.5 Å². The second kappa shape index (κ2) is 4.31. The highest BCUT2D eigenvalue weighted by Gasteiger charge is 2.09. The van der Waals surface area contributed by atoms with Crippen molar-refractivity contribution >= 4 is 45.7 Å². The molecule has 4 nitrogen and oxygen atoms in total. The molecular weight excluding hydrogens is 325 g/mol. The van der Waals surface area contributed by atoms with Crippen LogP contribution in [0, 0.1) is 2.88 Å². The van der Waals surface area contributed by atoms with Gasteiger partial charge in [-0.2, -0.15) is 5.10 Å². The van der Waals surface area contributed by atoms with Gasteiger partial charge >= 0.3 is 0 Å². The summed E-state index contributed by atoms with van der Waals surface area (Å²) in [7, 11) is 1.81. The summed E-state index contributed by atoms with van der Waals surface area (Å²) in [6.07, 6.45) is 1.78. The third-order valence-electron chi connectivity index (χ3n) is 1.78. The molecule has 0 bridgehead atoms. The lowest BCUT2D eigenvalue weighted by Crippen LogP contribution is -2.11. The molecule has 0 aromatic carbocycles. The van der Waals surface area contributed by atoms with Crippen LogP contribution in [0.25, 0.3) is 0 Å². The summed E-state index contributed by atoms with van der Waals surface area (Å²) in [5.41, 5.74) is 0.676. The molecule has 1 amide bonds. The van der Waals surface area contributed by atoms with E-state index in [4.69, 9.17) is 0 Å². The lowest BCUT2D eigenvalue weighted by atomic mass is 10.3. The van der Waals surface area contributed by atoms with Gasteiger partial charge in [0.15, 0.2) is 5.82 Å². The molecule has 2 heterocycles. The first kappa shape index (κ1) is 10.6. The molecule has 0 aliphatic carbocycles. The van der Waals surface area contributed by atoms with Crippen LogP contribution in [-0.2, 0) is 7.05 Å². The van der Waals surface area contributed by atoms with E-state index in [2.05, 4.69) is 33.0 Å². The number of rotatable bonds is 2. The Balaban J connectivity index is 2.10. The number of nitrogens with zero attached hydrogens (tertiary/aromatic N) is 2. The smallest absolute Gasteiger partial charge is 0.257 e. The third-order valence-corrected chi connectivity index (χ3v) is 3.57. The fraction of sp³-hybridized carbons (Fsp3) is 0.111. The summed E-state index contributed by atoms with van der Waals surface area (Å²) < 4.78 is 2.74. The van der Waals surface area contributed by atoms with Crippen molar-refractivity contribution in [2.75, 3.05) is 5.32 Å². The first-order valence-corrected chi connectivity index (χ1v) is 6.16. The van der Waals surface area contributed by atoms with Gasteiger partial charge in [-0.05, 0) is 28.7 Å². The van der Waals surface area contributed by atoms with Gasteiger partial charge in [0.2, 0.25) is 0 Å². The predicted molar refractivity (Wildman–Crippen MR) is 68.2 cm³/mol. The average Bonchev–Trinajstić information content (AvgIpc) is 2.75. The number of nitrogens with one attached hydrogen (secondary N) is 1. The van der Waals surface area contributed by atoms with Crippen LogP contribution < -0.4 is 5.32 Å². The first-order chi connectivity index (χ1) is 7.15. The fourth-order valence-electron chi connectivity index (χ4n) is 1.10. The van der Waals surface area contributed by atoms with Crippen molar-refractivity contribution in [1.29, 1.82) is 0 Å². The number of amides is 1. The fourth-order valence-corrected chi connectivity index (χ4v) is 2.43. The maximum atomic E-state index is 11.7. The molecule has 0 aliphatic rings. The van der Waals surface area contributed by atoms with Crippen molar-refractivity contribution in [2.45, 2.75) is 0 Å². The number of carbonyl (C=O) groups excluding carboxylic acids is 1. The molecule has 2 aromatic rings. The summed E-state index contributed by atoms with van der Waals surface area (Å²) >= 11 is 3.74. The van der Waals surface area contributed by atoms with Crippen molar-refractivity contribution < 1.29 is 4.79 Å². The Hall–Kier alpha value is -0.890. The van der Waals surface area contributed by atoms with Crippen molar-refractivity contribution in [3.63, 3.8) is 0 Å². The van der Waals surface area contributed by atoms with Crippen LogP contribution in [0.1, 0.15) is 10.4 Å². The van der Waals surface area contributed by atoms with E-state index in [0.717, 1.165) is 2.88 Å². The van der Waals surface area contributed by atoms with Crippen molar-refractivity contribution in [3.8, 4) is 0 Å². The van der Waals surface area contributed by atoms with E-state index in [0.29, 0.717) is 11.4 Å². The van der Waals surface area contributed by atoms with Crippen LogP contribution in [0.15, 0.2) is 23.7 Å². The maximum absolute atomic E-state index is 11.7. The van der Waals surface area contributed by atoms with Crippen LogP contribution in [0.3, 0.4) is 0 Å². The third kappa shape index (κ3) is 2.57. The number of anilines is 1. The average molecular weight is 333 g/mol. The van der Waals surface area contributed by atoms with Crippen molar-refractivity contribution in [1.82, 2.24) is 9.78 Å². The Morgan fingerprint density at radius 2 is 2.47 bits per heavy atom. The molecule has 2 rings (SSSR count). The molecular formula is C9H8IN3OS. The molecule has 6 heteroatoms. The molecule has 0 radical (unpaired) electrons. The van der Waals surface area contributed by atoms with E-state index in [9.17, 15) is 4.79 Å². The second-order valence-corrected chi connectivity index (χ2v) is 5.77. The molecule has 0 saturated carbocycles. The summed E-state index contributed by atoms with van der Waals surface area (Å²) in [6, 6.07) is 3.61. The normalized spacial score (nSPS) is 10.3. The first-order valence-electron chi connectivity index (χ1n) is 4.20. The minimum atomic E-state index is -0.118. The maximum Gasteiger partial charge on any atom is 0.257 e. The van der Waals surface area contributed by atoms with E-state index in [-0.39, 0.29) is 5.91 Å². The summed E-state index contributed by atoms with van der Waals surface area (Å²) in [5, 5.41) is 8.63. The van der Waals surface area contributed by atoms with Gasteiger partial charge in [-0.1, -0.05) is 0 Å². The van der Waals surface area contributed by atoms with Crippen molar-refractivity contribution in [3.05, 3.63) is 32.2 Å². The Labute approximate surface area is 104 Å². The zero-order chi connectivity index (χ0) is 10.8. The van der Waals surface area contributed by atoms with Gasteiger partial charge in [0.05, 0.1) is 8.45 Å². The second-order valence-electron chi connectivity index (χ2n) is 2.97. The van der Waals surface area contributed by atoms with Crippen LogP contribution in [0.2, 0.25) is 0 Å². The number of aromatic nitrogens is 2. The van der Waals surface area contributed by atoms with E-state index >= 15 is 0 Å². The summed E-state index contributed by atoms with van der Waals surface area (Å²) in [5.74, 6) is 0.455. The van der Waals surface area contributed by atoms with Gasteiger partial charge in [0.1, 0.15) is 0 Å². The standard InChI is InChI=1S/C9H8IN3OS/c1-13-3-2-8(12-13)11-9(14)6-4-7(10)15-5-6/h2-5H,1H3,(H,11,12,14). The Bertz CT molecular complexity index is 491. The number of aryl methyl sites for hydroxylation is 1. The highest BCUT2D eigenvalue weighted by atomic mass is 127. The lowest BCUT2D eigenvalue weighted by molar-refractivity contribution is 0.102. The molecule has 0 fully saturated rings. The molecule has 1 N–H and O–H groups in total. The summed E-state index contributed by atoms with van der Waals surface area (Å²) in [6.45, 7) is 0. The minimum Gasteiger partial charge on any atom is -0.305 e. The molecule has 0 aliphatic heterocycles. The topological polar surface area (TPSA) is 46.9 Å². The molecule has 78 valence electrons. The van der Waals surface area contributed by atoms with Gasteiger partial charge in [0, 0.05) is 24.7 Å². The Morgan fingerprint density at radius 1 is 1.67 bits per heavy atom. The molecule has 0 atom stereocenters. The monoisotopic (exact) mass is 333 g/mol. The summed E-state index contributed by atoms with van der Waals surface area (Å²) in [4.78, 5) is 11.7. The highest BCUT2D eigenvalue weighted by Crippen LogP contribution is 2.17. The zero-order valence-corrected chi connectivity index (χ0v) is 10.9. The quantitative estimate of drug-likeness (QED) is 0.858. The molecule has 15 heavy (non-hydrogen) atoms. The minimum absolute atomic E-state index is 0.118. The number of hydrogen-bond acceptors (Lipinski definition) is 3. The molecule has 0 unspecified atom stereocenters. The predicted octanol–water partition coefficient (Wildman–Crippen LogP) is 2.34. The van der Waals surface area contributed by atoms with Gasteiger partial charge in [0.25, 0.3) is 5.91 Å². The Morgan fingerprint density at radius 3 is 3.00 bits per heavy atom. The van der Waals surface area contributed by atoms with Gasteiger partial charge in [-0.15, -0.1) is 11.3 Å². The highest BCUT2D eigenvalue weighted by molar-refractivity contribution is 14.1. The van der Waals surface area contributed by atoms with Gasteiger partial charge in [-0.25, -0.2) is 0 Å². The number of carbonyl (C=O) groups is 1. The number of thiophene rings is 1. The van der Waals surface area contributed by atoms with Gasteiger partial charge in [-0.3, -0.25) is 9.48 Å². The molecule has 0 spiro atoms. The molecule has 2 aromatic heterocycles. The van der Waals surface area contributed by atoms with Crippen LogP contribution >= 0.6 is 33.9 Å². The van der Waals surface area contributed by atoms with E-state index in [1.54, 1.807) is 28.3 Å². The van der Waals surface area contributed by atoms with E-state index in [1.165, 1.54) is 0 Å². The van der Waals surface area contributed by atoms with Gasteiger partial charge < -0.3 is 5.32 Å². The van der Waals surface area contributed by atoms with Crippen molar-refractivity contribution in [2.24, 2.45) is 7.05 Å². The zero-order valence-electron chi connectivity index (χ0n) is 7.90. The number of halogens is 1. The van der Waals surface area contributed by atoms with Crippen LogP contribution in [-0.4, -0.2) is 15.7 Å².